The molecule has 0 spiro atoms. The van der Waals surface area contributed by atoms with Crippen LogP contribution >= 0.6 is 0 Å². The summed E-state index contributed by atoms with van der Waals surface area (Å²) in [6, 6.07) is 3.82. The Balaban J connectivity index is 2.11. The zero-order valence-corrected chi connectivity index (χ0v) is 15.5. The van der Waals surface area contributed by atoms with Gasteiger partial charge in [-0.25, -0.2) is 5.48 Å². The third-order valence-electron chi connectivity index (χ3n) is 5.56. The summed E-state index contributed by atoms with van der Waals surface area (Å²) in [6.07, 6.45) is 3.00. The van der Waals surface area contributed by atoms with Gasteiger partial charge in [-0.15, -0.1) is 0 Å². The van der Waals surface area contributed by atoms with E-state index in [1.165, 1.54) is 0 Å². The number of carbonyl (C=O) groups is 1. The minimum absolute atomic E-state index is 0.0231. The summed E-state index contributed by atoms with van der Waals surface area (Å²) in [5.74, 6) is 0.571. The molecule has 5 heteroatoms. The van der Waals surface area contributed by atoms with Gasteiger partial charge < -0.3 is 9.84 Å². The number of hydroxylamine groups is 1. The van der Waals surface area contributed by atoms with E-state index in [-0.39, 0.29) is 23.0 Å². The number of phenols is 1. The highest BCUT2D eigenvalue weighted by atomic mass is 16.5. The Morgan fingerprint density at radius 2 is 2.00 bits per heavy atom. The molecule has 0 fully saturated rings. The van der Waals surface area contributed by atoms with Crippen molar-refractivity contribution in [2.75, 3.05) is 0 Å². The summed E-state index contributed by atoms with van der Waals surface area (Å²) < 4.78 is 6.29. The molecule has 25 heavy (non-hydrogen) atoms. The maximum absolute atomic E-state index is 11.9. The van der Waals surface area contributed by atoms with Crippen molar-refractivity contribution in [3.63, 3.8) is 0 Å². The molecule has 0 aromatic heterocycles. The Morgan fingerprint density at radius 3 is 2.60 bits per heavy atom. The Labute approximate surface area is 148 Å². The van der Waals surface area contributed by atoms with Crippen LogP contribution in [0.25, 0.3) is 0 Å². The number of amides is 1. The monoisotopic (exact) mass is 345 g/mol. The van der Waals surface area contributed by atoms with Crippen molar-refractivity contribution in [1.82, 2.24) is 5.48 Å². The van der Waals surface area contributed by atoms with Crippen LogP contribution in [0.3, 0.4) is 0 Å². The van der Waals surface area contributed by atoms with Gasteiger partial charge in [-0.05, 0) is 49.8 Å². The SMILES string of the molecule is CC(C)(C)c1cc(O)c2c(c1)OC(C)(C)C1CC=C(C(=O)NO)CC21. The van der Waals surface area contributed by atoms with Crippen LogP contribution in [0, 0.1) is 5.92 Å². The molecule has 0 radical (unpaired) electrons. The number of aromatic hydroxyl groups is 1. The lowest BCUT2D eigenvalue weighted by Gasteiger charge is -2.47. The van der Waals surface area contributed by atoms with Gasteiger partial charge in [0.2, 0.25) is 0 Å². The van der Waals surface area contributed by atoms with Crippen LogP contribution < -0.4 is 10.2 Å². The smallest absolute Gasteiger partial charge is 0.270 e. The second kappa shape index (κ2) is 5.77. The summed E-state index contributed by atoms with van der Waals surface area (Å²) in [4.78, 5) is 11.9. The molecule has 136 valence electrons. The maximum Gasteiger partial charge on any atom is 0.270 e. The molecular formula is C20H27NO4. The van der Waals surface area contributed by atoms with Crippen LogP contribution in [0.2, 0.25) is 0 Å². The molecule has 3 N–H and O–H groups in total. The average Bonchev–Trinajstić information content (AvgIpc) is 2.51. The van der Waals surface area contributed by atoms with E-state index in [1.54, 1.807) is 5.48 Å². The van der Waals surface area contributed by atoms with Crippen LogP contribution in [0.1, 0.15) is 64.5 Å². The number of rotatable bonds is 1. The van der Waals surface area contributed by atoms with Crippen molar-refractivity contribution < 1.29 is 19.8 Å². The third-order valence-corrected chi connectivity index (χ3v) is 5.56. The minimum Gasteiger partial charge on any atom is -0.508 e. The summed E-state index contributed by atoms with van der Waals surface area (Å²) in [5, 5.41) is 19.7. The van der Waals surface area contributed by atoms with Crippen molar-refractivity contribution in [2.24, 2.45) is 5.92 Å². The number of fused-ring (bicyclic) bond motifs is 3. The van der Waals surface area contributed by atoms with Gasteiger partial charge in [0.1, 0.15) is 17.1 Å². The maximum atomic E-state index is 11.9. The number of benzene rings is 1. The molecular weight excluding hydrogens is 318 g/mol. The molecule has 5 nitrogen and oxygen atoms in total. The van der Waals surface area contributed by atoms with Crippen molar-refractivity contribution in [3.8, 4) is 11.5 Å². The molecule has 0 saturated heterocycles. The topological polar surface area (TPSA) is 78.8 Å². The molecule has 2 atom stereocenters. The lowest BCUT2D eigenvalue weighted by molar-refractivity contribution is -0.125. The Morgan fingerprint density at radius 1 is 1.32 bits per heavy atom. The van der Waals surface area contributed by atoms with Gasteiger partial charge in [0.05, 0.1) is 0 Å². The predicted octanol–water partition coefficient (Wildman–Crippen LogP) is 3.79. The van der Waals surface area contributed by atoms with Gasteiger partial charge in [0.25, 0.3) is 5.91 Å². The van der Waals surface area contributed by atoms with Gasteiger partial charge in [0, 0.05) is 23.0 Å². The van der Waals surface area contributed by atoms with E-state index in [4.69, 9.17) is 9.94 Å². The lowest BCUT2D eigenvalue weighted by atomic mass is 9.66. The molecule has 1 aromatic rings. The highest BCUT2D eigenvalue weighted by Crippen LogP contribution is 2.54. The molecule has 2 aliphatic rings. The van der Waals surface area contributed by atoms with E-state index < -0.39 is 11.5 Å². The molecule has 0 bridgehead atoms. The highest BCUT2D eigenvalue weighted by Gasteiger charge is 2.47. The van der Waals surface area contributed by atoms with Crippen LogP contribution in [-0.2, 0) is 10.2 Å². The Kier molecular flexibility index (Phi) is 4.11. The Hall–Kier alpha value is -2.01. The van der Waals surface area contributed by atoms with E-state index in [9.17, 15) is 9.90 Å². The zero-order chi connectivity index (χ0) is 18.6. The molecule has 3 rings (SSSR count). The molecule has 0 saturated carbocycles. The molecule has 1 aliphatic heterocycles. The van der Waals surface area contributed by atoms with Crippen LogP contribution in [-0.4, -0.2) is 21.8 Å². The first-order valence-corrected chi connectivity index (χ1v) is 8.74. The van der Waals surface area contributed by atoms with Crippen molar-refractivity contribution in [2.45, 2.75) is 64.4 Å². The third kappa shape index (κ3) is 3.01. The largest absolute Gasteiger partial charge is 0.508 e. The molecule has 2 unspecified atom stereocenters. The lowest BCUT2D eigenvalue weighted by Crippen LogP contribution is -2.46. The first kappa shape index (κ1) is 17.8. The Bertz CT molecular complexity index is 743. The number of hydrogen-bond acceptors (Lipinski definition) is 4. The van der Waals surface area contributed by atoms with Gasteiger partial charge in [-0.3, -0.25) is 10.0 Å². The normalized spacial score (nSPS) is 24.5. The number of nitrogens with one attached hydrogen (secondary N) is 1. The van der Waals surface area contributed by atoms with Crippen molar-refractivity contribution >= 4 is 5.91 Å². The molecule has 1 amide bonds. The number of ether oxygens (including phenoxy) is 1. The fourth-order valence-corrected chi connectivity index (χ4v) is 4.09. The van der Waals surface area contributed by atoms with Gasteiger partial charge in [0.15, 0.2) is 0 Å². The van der Waals surface area contributed by atoms with E-state index in [0.717, 1.165) is 11.1 Å². The summed E-state index contributed by atoms with van der Waals surface area (Å²) in [5.41, 5.74) is 3.54. The second-order valence-electron chi connectivity index (χ2n) is 8.69. The number of hydrogen-bond donors (Lipinski definition) is 3. The summed E-state index contributed by atoms with van der Waals surface area (Å²) >= 11 is 0. The van der Waals surface area contributed by atoms with Crippen LogP contribution in [0.4, 0.5) is 0 Å². The quantitative estimate of drug-likeness (QED) is 0.534. The van der Waals surface area contributed by atoms with Gasteiger partial charge in [-0.1, -0.05) is 26.8 Å². The van der Waals surface area contributed by atoms with E-state index in [2.05, 4.69) is 34.6 Å². The first-order chi connectivity index (χ1) is 11.5. The van der Waals surface area contributed by atoms with Gasteiger partial charge in [-0.2, -0.15) is 0 Å². The predicted molar refractivity (Wildman–Crippen MR) is 95.0 cm³/mol. The van der Waals surface area contributed by atoms with Crippen molar-refractivity contribution in [1.29, 1.82) is 0 Å². The van der Waals surface area contributed by atoms with Crippen molar-refractivity contribution in [3.05, 3.63) is 34.9 Å². The highest BCUT2D eigenvalue weighted by molar-refractivity contribution is 5.92. The number of phenolic OH excluding ortho intramolecular Hbond substituents is 1. The minimum atomic E-state index is -0.477. The molecule has 1 heterocycles. The summed E-state index contributed by atoms with van der Waals surface area (Å²) in [6.45, 7) is 10.4. The second-order valence-corrected chi connectivity index (χ2v) is 8.69. The van der Waals surface area contributed by atoms with E-state index >= 15 is 0 Å². The average molecular weight is 345 g/mol. The molecule has 1 aliphatic carbocycles. The number of allylic oxidation sites excluding steroid dienone is 1. The first-order valence-electron chi connectivity index (χ1n) is 8.74. The number of carbonyl (C=O) groups excluding carboxylic acids is 1. The summed E-state index contributed by atoms with van der Waals surface area (Å²) in [7, 11) is 0. The van der Waals surface area contributed by atoms with E-state index in [0.29, 0.717) is 24.2 Å². The van der Waals surface area contributed by atoms with E-state index in [1.807, 2.05) is 18.2 Å². The molecule has 1 aromatic carbocycles. The fourth-order valence-electron chi connectivity index (χ4n) is 4.09. The zero-order valence-electron chi connectivity index (χ0n) is 15.5. The van der Waals surface area contributed by atoms with Gasteiger partial charge >= 0.3 is 0 Å². The standard InChI is InChI=1S/C20H27NO4/c1-19(2,3)12-9-15(22)17-13-8-11(18(23)21-24)6-7-14(13)20(4,5)25-16(17)10-12/h6,9-10,13-14,22,24H,7-8H2,1-5H3,(H,21,23). The van der Waals surface area contributed by atoms with Crippen LogP contribution in [0.15, 0.2) is 23.8 Å². The fraction of sp³-hybridized carbons (Fsp3) is 0.550. The van der Waals surface area contributed by atoms with Crippen LogP contribution in [0.5, 0.6) is 11.5 Å².